The van der Waals surface area contributed by atoms with Crippen molar-refractivity contribution >= 4 is 41.2 Å². The number of guanidine groups is 1. The molecule has 0 fully saturated rings. The predicted octanol–water partition coefficient (Wildman–Crippen LogP) is 2.70. The van der Waals surface area contributed by atoms with Crippen LogP contribution in [0.25, 0.3) is 0 Å². The normalized spacial score (nSPS) is 10.9. The zero-order valence-corrected chi connectivity index (χ0v) is 15.2. The van der Waals surface area contributed by atoms with E-state index in [1.165, 1.54) is 17.8 Å². The van der Waals surface area contributed by atoms with Crippen LogP contribution in [-0.2, 0) is 9.53 Å². The number of nitrogens with zero attached hydrogens (tertiary/aromatic N) is 2. The molecule has 10 nitrogen and oxygen atoms in total. The number of aliphatic imine (C=N–C) groups is 1. The topological polar surface area (TPSA) is 143 Å². The van der Waals surface area contributed by atoms with Crippen LogP contribution in [0.1, 0.15) is 19.8 Å². The lowest BCUT2D eigenvalue weighted by Gasteiger charge is -2.12. The van der Waals surface area contributed by atoms with Crippen molar-refractivity contribution < 1.29 is 24.4 Å². The van der Waals surface area contributed by atoms with Crippen molar-refractivity contribution in [1.29, 1.82) is 0 Å². The number of carbonyl (C=O) groups excluding carboxylic acids is 1. The van der Waals surface area contributed by atoms with Gasteiger partial charge in [-0.05, 0) is 24.3 Å². The van der Waals surface area contributed by atoms with Crippen molar-refractivity contribution in [3.8, 4) is 0 Å². The highest BCUT2D eigenvalue weighted by atomic mass is 32.2. The molecule has 0 saturated heterocycles. The molecule has 1 aromatic carbocycles. The summed E-state index contributed by atoms with van der Waals surface area (Å²) in [7, 11) is 1.15. The molecule has 0 atom stereocenters. The first-order chi connectivity index (χ1) is 12.4. The summed E-state index contributed by atoms with van der Waals surface area (Å²) in [6.07, 6.45) is -0.163. The van der Waals surface area contributed by atoms with Gasteiger partial charge in [0.15, 0.2) is 0 Å². The number of nitro benzene ring substituents is 1. The van der Waals surface area contributed by atoms with Crippen molar-refractivity contribution in [1.82, 2.24) is 5.32 Å². The second-order valence-corrected chi connectivity index (χ2v) is 6.07. The Morgan fingerprint density at radius 1 is 1.42 bits per heavy atom. The molecule has 0 saturated carbocycles. The molecule has 26 heavy (non-hydrogen) atoms. The number of methoxy groups -OCH3 is 1. The number of hydrogen-bond acceptors (Lipinski definition) is 7. The number of carboxylic acids is 1. The number of amides is 1. The van der Waals surface area contributed by atoms with Crippen LogP contribution in [0.2, 0.25) is 0 Å². The molecule has 0 heterocycles. The summed E-state index contributed by atoms with van der Waals surface area (Å²) in [6, 6.07) is 4.57. The number of thioether (sulfide) groups is 1. The van der Waals surface area contributed by atoms with Crippen molar-refractivity contribution in [2.45, 2.75) is 24.7 Å². The van der Waals surface area contributed by atoms with Gasteiger partial charge in [-0.15, -0.1) is 11.8 Å². The minimum Gasteiger partial charge on any atom is -0.481 e. The highest BCUT2D eigenvalue weighted by Crippen LogP contribution is 2.30. The number of nitro groups is 1. The van der Waals surface area contributed by atoms with E-state index in [0.717, 1.165) is 24.2 Å². The number of carboxylic acid groups (broad SMARTS) is 1. The number of benzene rings is 1. The molecule has 0 radical (unpaired) electrons. The van der Waals surface area contributed by atoms with E-state index in [2.05, 4.69) is 20.4 Å². The molecule has 0 spiro atoms. The van der Waals surface area contributed by atoms with Crippen LogP contribution in [0.5, 0.6) is 0 Å². The zero-order chi connectivity index (χ0) is 19.5. The molecule has 0 aliphatic heterocycles. The maximum Gasteiger partial charge on any atom is 0.413 e. The first-order valence-corrected chi connectivity index (χ1v) is 8.65. The molecule has 11 heteroatoms. The zero-order valence-electron chi connectivity index (χ0n) is 14.4. The Kier molecular flexibility index (Phi) is 8.92. The quantitative estimate of drug-likeness (QED) is 0.204. The van der Waals surface area contributed by atoms with Gasteiger partial charge in [0.1, 0.15) is 5.69 Å². The summed E-state index contributed by atoms with van der Waals surface area (Å²) in [6.45, 7) is 1.89. The molecule has 0 bridgehead atoms. The third-order valence-electron chi connectivity index (χ3n) is 2.89. The molecular formula is C15H20N4O6S. The number of aliphatic carboxylic acids is 1. The SMILES string of the molecule is CCCSc1ccc([N+](=O)[O-])c(N/C(=N/CCC(=O)O)NC(=O)OC)c1. The Bertz CT molecular complexity index is 695. The summed E-state index contributed by atoms with van der Waals surface area (Å²) in [5.74, 6) is -0.356. The number of hydrogen-bond donors (Lipinski definition) is 3. The van der Waals surface area contributed by atoms with E-state index in [9.17, 15) is 19.7 Å². The summed E-state index contributed by atoms with van der Waals surface area (Å²) >= 11 is 1.53. The summed E-state index contributed by atoms with van der Waals surface area (Å²) < 4.78 is 4.48. The molecule has 3 N–H and O–H groups in total. The van der Waals surface area contributed by atoms with Gasteiger partial charge in [0, 0.05) is 11.0 Å². The number of alkyl carbamates (subject to hydrolysis) is 1. The smallest absolute Gasteiger partial charge is 0.413 e. The first-order valence-electron chi connectivity index (χ1n) is 7.66. The largest absolute Gasteiger partial charge is 0.481 e. The van der Waals surface area contributed by atoms with Crippen molar-refractivity contribution in [3.63, 3.8) is 0 Å². The minimum atomic E-state index is -1.06. The van der Waals surface area contributed by atoms with Crippen LogP contribution < -0.4 is 10.6 Å². The average molecular weight is 384 g/mol. The van der Waals surface area contributed by atoms with E-state index in [1.54, 1.807) is 12.1 Å². The summed E-state index contributed by atoms with van der Waals surface area (Å²) in [5.41, 5.74) is -0.0787. The third kappa shape index (κ3) is 7.38. The molecule has 142 valence electrons. The highest BCUT2D eigenvalue weighted by Gasteiger charge is 2.17. The van der Waals surface area contributed by atoms with E-state index < -0.39 is 17.0 Å². The van der Waals surface area contributed by atoms with Crippen molar-refractivity contribution in [2.75, 3.05) is 24.7 Å². The van der Waals surface area contributed by atoms with Gasteiger partial charge >= 0.3 is 12.1 Å². The first kappa shape index (κ1) is 21.2. The van der Waals surface area contributed by atoms with Gasteiger partial charge in [0.2, 0.25) is 5.96 Å². The highest BCUT2D eigenvalue weighted by molar-refractivity contribution is 7.99. The predicted molar refractivity (Wildman–Crippen MR) is 97.8 cm³/mol. The lowest BCUT2D eigenvalue weighted by molar-refractivity contribution is -0.383. The number of anilines is 1. The van der Waals surface area contributed by atoms with Crippen molar-refractivity contribution in [2.24, 2.45) is 4.99 Å². The maximum atomic E-state index is 11.4. The van der Waals surface area contributed by atoms with Gasteiger partial charge in [0.25, 0.3) is 5.69 Å². The molecule has 1 amide bonds. The van der Waals surface area contributed by atoms with Gasteiger partial charge in [-0.1, -0.05) is 6.92 Å². The van der Waals surface area contributed by atoms with Crippen LogP contribution in [0.4, 0.5) is 16.2 Å². The standard InChI is InChI=1S/C15H20N4O6S/c1-3-8-26-10-4-5-12(19(23)24)11(9-10)17-14(18-15(22)25-2)16-7-6-13(20)21/h4-5,9H,3,6-8H2,1-2H3,(H,20,21)(H2,16,17,18,22). The number of carbonyl (C=O) groups is 2. The lowest BCUT2D eigenvalue weighted by Crippen LogP contribution is -2.36. The minimum absolute atomic E-state index is 0.125. The Morgan fingerprint density at radius 2 is 2.15 bits per heavy atom. The molecule has 0 aliphatic rings. The Morgan fingerprint density at radius 3 is 2.73 bits per heavy atom. The molecular weight excluding hydrogens is 364 g/mol. The van der Waals surface area contributed by atoms with Crippen LogP contribution >= 0.6 is 11.8 Å². The molecule has 0 unspecified atom stereocenters. The Hall–Kier alpha value is -2.82. The van der Waals surface area contributed by atoms with E-state index in [-0.39, 0.29) is 30.3 Å². The van der Waals surface area contributed by atoms with Crippen LogP contribution in [-0.4, -0.2) is 47.5 Å². The van der Waals surface area contributed by atoms with E-state index in [4.69, 9.17) is 5.11 Å². The lowest BCUT2D eigenvalue weighted by atomic mass is 10.2. The molecule has 1 rings (SSSR count). The van der Waals surface area contributed by atoms with Gasteiger partial charge < -0.3 is 15.2 Å². The number of ether oxygens (including phenoxy) is 1. The second-order valence-electron chi connectivity index (χ2n) is 4.90. The average Bonchev–Trinajstić information content (AvgIpc) is 2.59. The van der Waals surface area contributed by atoms with Crippen LogP contribution in [0.3, 0.4) is 0 Å². The van der Waals surface area contributed by atoms with E-state index in [0.29, 0.717) is 0 Å². The fourth-order valence-electron chi connectivity index (χ4n) is 1.73. The fourth-order valence-corrected chi connectivity index (χ4v) is 2.54. The number of rotatable bonds is 8. The van der Waals surface area contributed by atoms with E-state index in [1.807, 2.05) is 6.92 Å². The maximum absolute atomic E-state index is 11.4. The number of nitrogens with one attached hydrogen (secondary N) is 2. The summed E-state index contributed by atoms with van der Waals surface area (Å²) in [5, 5.41) is 24.9. The van der Waals surface area contributed by atoms with Gasteiger partial charge in [-0.3, -0.25) is 25.2 Å². The van der Waals surface area contributed by atoms with Crippen molar-refractivity contribution in [3.05, 3.63) is 28.3 Å². The van der Waals surface area contributed by atoms with E-state index >= 15 is 0 Å². The second kappa shape index (κ2) is 10.9. The molecule has 0 aromatic heterocycles. The summed E-state index contributed by atoms with van der Waals surface area (Å²) in [4.78, 5) is 37.4. The monoisotopic (exact) mass is 384 g/mol. The van der Waals surface area contributed by atoms with Crippen LogP contribution in [0, 0.1) is 10.1 Å². The Labute approximate surface area is 154 Å². The van der Waals surface area contributed by atoms with Crippen LogP contribution in [0.15, 0.2) is 28.1 Å². The molecule has 0 aliphatic carbocycles. The van der Waals surface area contributed by atoms with Gasteiger partial charge in [0.05, 0.1) is 25.0 Å². The Balaban J connectivity index is 3.10. The fraction of sp³-hybridized carbons (Fsp3) is 0.400. The third-order valence-corrected chi connectivity index (χ3v) is 4.09. The van der Waals surface area contributed by atoms with Gasteiger partial charge in [-0.2, -0.15) is 0 Å². The van der Waals surface area contributed by atoms with Gasteiger partial charge in [-0.25, -0.2) is 4.79 Å². The molecule has 1 aromatic rings.